The average Bonchev–Trinajstić information content (AvgIpc) is 2.93. The van der Waals surface area contributed by atoms with Crippen molar-refractivity contribution in [1.29, 1.82) is 15.8 Å². The molecule has 1 aromatic carbocycles. The van der Waals surface area contributed by atoms with E-state index in [0.717, 1.165) is 11.1 Å². The van der Waals surface area contributed by atoms with E-state index in [1.165, 1.54) is 0 Å². The number of benzene rings is 1. The van der Waals surface area contributed by atoms with Gasteiger partial charge in [-0.1, -0.05) is 50.3 Å². The van der Waals surface area contributed by atoms with Crippen LogP contribution in [0.25, 0.3) is 0 Å². The van der Waals surface area contributed by atoms with Crippen molar-refractivity contribution in [2.45, 2.75) is 37.5 Å². The molecule has 1 aromatic rings. The van der Waals surface area contributed by atoms with Crippen LogP contribution in [-0.4, -0.2) is 0 Å². The largest absolute Gasteiger partial charge is 0.197 e. The molecule has 0 heterocycles. The molecule has 1 spiro atoms. The van der Waals surface area contributed by atoms with E-state index in [0.29, 0.717) is 12.8 Å². The third-order valence-corrected chi connectivity index (χ3v) is 6.74. The second-order valence-electron chi connectivity index (χ2n) is 7.80. The predicted molar refractivity (Wildman–Crippen MR) is 84.7 cm³/mol. The van der Waals surface area contributed by atoms with Gasteiger partial charge in [-0.05, 0) is 35.3 Å². The zero-order valence-corrected chi connectivity index (χ0v) is 13.3. The van der Waals surface area contributed by atoms with Gasteiger partial charge in [-0.15, -0.1) is 0 Å². The number of hydrogen-bond donors (Lipinski definition) is 0. The Bertz CT molecular complexity index is 859. The Labute approximate surface area is 136 Å². The molecule has 0 saturated heterocycles. The first-order valence-corrected chi connectivity index (χ1v) is 7.96. The maximum Gasteiger partial charge on any atom is 0.145 e. The van der Waals surface area contributed by atoms with Crippen LogP contribution in [0, 0.1) is 50.7 Å². The van der Waals surface area contributed by atoms with Gasteiger partial charge in [0.1, 0.15) is 10.8 Å². The molecule has 2 bridgehead atoms. The molecule has 0 radical (unpaired) electrons. The van der Waals surface area contributed by atoms with Crippen molar-refractivity contribution >= 4 is 0 Å². The van der Waals surface area contributed by atoms with Crippen LogP contribution < -0.4 is 0 Å². The van der Waals surface area contributed by atoms with Gasteiger partial charge in [-0.3, -0.25) is 0 Å². The third kappa shape index (κ3) is 1.26. The molecule has 0 N–H and O–H groups in total. The Hall–Kier alpha value is -2.57. The molecule has 3 atom stereocenters. The topological polar surface area (TPSA) is 71.4 Å². The van der Waals surface area contributed by atoms with Gasteiger partial charge in [-0.25, -0.2) is 0 Å². The van der Waals surface area contributed by atoms with Crippen LogP contribution >= 0.6 is 0 Å². The zero-order chi connectivity index (χ0) is 16.5. The molecule has 0 aliphatic heterocycles. The number of allylic oxidation sites excluding steroid dienone is 2. The third-order valence-electron chi connectivity index (χ3n) is 6.74. The zero-order valence-electron chi connectivity index (χ0n) is 13.3. The smallest absolute Gasteiger partial charge is 0.145 e. The molecule has 1 saturated carbocycles. The van der Waals surface area contributed by atoms with Crippen molar-refractivity contribution in [3.63, 3.8) is 0 Å². The standard InChI is InChI=1S/C20H17N3/c1-17(2)16-9-18(11-21,12-22)10-19(16)7-8-20(17,13-23)15-6-4-3-5-14(15)19/h3-8,16H,9-10H2,1-2H3/t16?,19?,20-/m0/s1. The summed E-state index contributed by atoms with van der Waals surface area (Å²) in [5.41, 5.74) is -0.0739. The van der Waals surface area contributed by atoms with Crippen molar-refractivity contribution < 1.29 is 0 Å². The van der Waals surface area contributed by atoms with Crippen LogP contribution in [0.4, 0.5) is 0 Å². The second kappa shape index (κ2) is 3.84. The highest BCUT2D eigenvalue weighted by atomic mass is 14.7. The first kappa shape index (κ1) is 14.0. The van der Waals surface area contributed by atoms with Gasteiger partial charge < -0.3 is 0 Å². The van der Waals surface area contributed by atoms with E-state index in [4.69, 9.17) is 0 Å². The Morgan fingerprint density at radius 3 is 2.22 bits per heavy atom. The van der Waals surface area contributed by atoms with E-state index >= 15 is 0 Å². The number of hydrogen-bond acceptors (Lipinski definition) is 3. The van der Waals surface area contributed by atoms with E-state index < -0.39 is 10.8 Å². The van der Waals surface area contributed by atoms with Gasteiger partial charge in [0.05, 0.1) is 18.2 Å². The van der Waals surface area contributed by atoms with Gasteiger partial charge in [0.2, 0.25) is 0 Å². The number of rotatable bonds is 0. The Kier molecular flexibility index (Phi) is 2.35. The molecule has 0 aromatic heterocycles. The molecule has 5 rings (SSSR count). The summed E-state index contributed by atoms with van der Waals surface area (Å²) in [4.78, 5) is 0. The molecule has 4 aliphatic carbocycles. The van der Waals surface area contributed by atoms with Crippen LogP contribution in [0.1, 0.15) is 37.8 Å². The first-order chi connectivity index (χ1) is 10.9. The van der Waals surface area contributed by atoms with Gasteiger partial charge in [0.25, 0.3) is 0 Å². The Balaban J connectivity index is 2.09. The van der Waals surface area contributed by atoms with Crippen LogP contribution in [0.5, 0.6) is 0 Å². The summed E-state index contributed by atoms with van der Waals surface area (Å²) >= 11 is 0. The predicted octanol–water partition coefficient (Wildman–Crippen LogP) is 3.74. The minimum Gasteiger partial charge on any atom is -0.197 e. The normalized spacial score (nSPS) is 37.1. The van der Waals surface area contributed by atoms with Crippen molar-refractivity contribution in [1.82, 2.24) is 0 Å². The first-order valence-electron chi connectivity index (χ1n) is 7.96. The molecular weight excluding hydrogens is 282 g/mol. The van der Waals surface area contributed by atoms with Gasteiger partial charge >= 0.3 is 0 Å². The van der Waals surface area contributed by atoms with Crippen LogP contribution in [-0.2, 0) is 10.8 Å². The highest BCUT2D eigenvalue weighted by Crippen LogP contribution is 2.71. The van der Waals surface area contributed by atoms with E-state index in [9.17, 15) is 15.8 Å². The van der Waals surface area contributed by atoms with Crippen LogP contribution in [0.3, 0.4) is 0 Å². The summed E-state index contributed by atoms with van der Waals surface area (Å²) in [6.07, 6.45) is 5.23. The highest BCUT2D eigenvalue weighted by Gasteiger charge is 2.70. The summed E-state index contributed by atoms with van der Waals surface area (Å²) in [6.45, 7) is 4.25. The van der Waals surface area contributed by atoms with E-state index in [2.05, 4.69) is 44.2 Å². The SMILES string of the molecule is CC1(C)C2CC(C#N)(C#N)CC23C=C[C@]1(C#N)c1ccccc13. The minimum atomic E-state index is -0.963. The monoisotopic (exact) mass is 299 g/mol. The summed E-state index contributed by atoms with van der Waals surface area (Å²) in [7, 11) is 0. The molecular formula is C20H17N3. The van der Waals surface area contributed by atoms with Gasteiger partial charge in [0, 0.05) is 5.41 Å². The molecule has 23 heavy (non-hydrogen) atoms. The lowest BCUT2D eigenvalue weighted by molar-refractivity contribution is 0.0724. The molecule has 112 valence electrons. The fraction of sp³-hybridized carbons (Fsp3) is 0.450. The Morgan fingerprint density at radius 2 is 1.61 bits per heavy atom. The lowest BCUT2D eigenvalue weighted by atomic mass is 9.42. The second-order valence-corrected chi connectivity index (χ2v) is 7.80. The lowest BCUT2D eigenvalue weighted by Crippen LogP contribution is -2.58. The van der Waals surface area contributed by atoms with Crippen molar-refractivity contribution in [3.05, 3.63) is 47.5 Å². The summed E-state index contributed by atoms with van der Waals surface area (Å²) < 4.78 is 0. The summed E-state index contributed by atoms with van der Waals surface area (Å²) in [5, 5.41) is 29.4. The Morgan fingerprint density at radius 1 is 0.957 bits per heavy atom. The van der Waals surface area contributed by atoms with Gasteiger partial charge in [-0.2, -0.15) is 15.8 Å². The van der Waals surface area contributed by atoms with Crippen molar-refractivity contribution in [3.8, 4) is 18.2 Å². The molecule has 0 amide bonds. The summed E-state index contributed by atoms with van der Waals surface area (Å²) in [5.74, 6) is 0.119. The maximum absolute atomic E-state index is 10.1. The van der Waals surface area contributed by atoms with E-state index in [1.54, 1.807) is 0 Å². The fourth-order valence-corrected chi connectivity index (χ4v) is 5.54. The molecule has 2 unspecified atom stereocenters. The van der Waals surface area contributed by atoms with E-state index in [1.807, 2.05) is 24.3 Å². The maximum atomic E-state index is 10.1. The fourth-order valence-electron chi connectivity index (χ4n) is 5.54. The van der Waals surface area contributed by atoms with Gasteiger partial charge in [0.15, 0.2) is 0 Å². The molecule has 1 fully saturated rings. The van der Waals surface area contributed by atoms with E-state index in [-0.39, 0.29) is 16.7 Å². The highest BCUT2D eigenvalue weighted by molar-refractivity contribution is 5.61. The lowest BCUT2D eigenvalue weighted by Gasteiger charge is -2.59. The van der Waals surface area contributed by atoms with Crippen molar-refractivity contribution in [2.24, 2.45) is 16.7 Å². The van der Waals surface area contributed by atoms with Crippen LogP contribution in [0.2, 0.25) is 0 Å². The van der Waals surface area contributed by atoms with Crippen LogP contribution in [0.15, 0.2) is 36.4 Å². The molecule has 3 heteroatoms. The number of nitriles is 3. The van der Waals surface area contributed by atoms with Crippen molar-refractivity contribution in [2.75, 3.05) is 0 Å². The summed E-state index contributed by atoms with van der Waals surface area (Å²) in [6, 6.07) is 15.2. The average molecular weight is 299 g/mol. The molecule has 3 nitrogen and oxygen atoms in total. The quantitative estimate of drug-likeness (QED) is 0.685. The minimum absolute atomic E-state index is 0.119. The number of nitrogens with zero attached hydrogens (tertiary/aromatic N) is 3. The molecule has 4 aliphatic rings.